The van der Waals surface area contributed by atoms with Gasteiger partial charge in [-0.05, 0) is 74.6 Å². The van der Waals surface area contributed by atoms with E-state index in [1.54, 1.807) is 36.4 Å². The number of aliphatic hydroxyl groups excluding tert-OH is 1. The Labute approximate surface area is 214 Å². The van der Waals surface area contributed by atoms with Gasteiger partial charge < -0.3 is 5.11 Å². The normalized spacial score (nSPS) is 19.3. The van der Waals surface area contributed by atoms with E-state index in [4.69, 9.17) is 25.4 Å². The first kappa shape index (κ1) is 29.2. The van der Waals surface area contributed by atoms with E-state index < -0.39 is 15.6 Å². The van der Waals surface area contributed by atoms with Crippen LogP contribution in [0, 0.1) is 11.8 Å². The van der Waals surface area contributed by atoms with E-state index in [-0.39, 0.29) is 0 Å². The molecule has 2 aromatic carbocycles. The predicted molar refractivity (Wildman–Crippen MR) is 141 cm³/mol. The van der Waals surface area contributed by atoms with Crippen molar-refractivity contribution >= 4 is 26.9 Å². The second kappa shape index (κ2) is 18.2. The molecule has 2 aliphatic carbocycles. The van der Waals surface area contributed by atoms with Gasteiger partial charge in [-0.3, -0.25) is 0 Å². The number of allylic oxidation sites excluding steroid dienone is 4. The van der Waals surface area contributed by atoms with E-state index in [0.717, 1.165) is 32.1 Å². The van der Waals surface area contributed by atoms with Gasteiger partial charge in [-0.25, -0.2) is 9.05 Å². The number of rotatable bonds is 8. The molecular formula is C26H33ClO6P2+2. The minimum absolute atomic E-state index is 0.365. The van der Waals surface area contributed by atoms with Gasteiger partial charge in [-0.15, -0.1) is 4.52 Å². The molecule has 0 amide bonds. The van der Waals surface area contributed by atoms with Crippen LogP contribution in [0.4, 0.5) is 0 Å². The summed E-state index contributed by atoms with van der Waals surface area (Å²) in [5.74, 6) is 2.13. The van der Waals surface area contributed by atoms with Crippen LogP contribution in [0.15, 0.2) is 85.0 Å². The first-order valence-electron chi connectivity index (χ1n) is 11.7. The number of halogens is 1. The van der Waals surface area contributed by atoms with Crippen LogP contribution in [-0.2, 0) is 13.7 Å². The Morgan fingerprint density at radius 3 is 1.71 bits per heavy atom. The van der Waals surface area contributed by atoms with Gasteiger partial charge in [0.2, 0.25) is 0 Å². The lowest BCUT2D eigenvalue weighted by Crippen LogP contribution is -2.08. The summed E-state index contributed by atoms with van der Waals surface area (Å²) >= 11 is 5.10. The fourth-order valence-electron chi connectivity index (χ4n) is 3.35. The highest BCUT2D eigenvalue weighted by Crippen LogP contribution is 2.31. The smallest absolute Gasteiger partial charge is 0.396 e. The summed E-state index contributed by atoms with van der Waals surface area (Å²) in [4.78, 5) is 0. The lowest BCUT2D eigenvalue weighted by Gasteiger charge is -2.13. The van der Waals surface area contributed by atoms with Gasteiger partial charge in [0.25, 0.3) is 11.2 Å². The summed E-state index contributed by atoms with van der Waals surface area (Å²) in [6.45, 7) is 0.872. The molecule has 0 bridgehead atoms. The summed E-state index contributed by atoms with van der Waals surface area (Å²) in [7, 11) is -4.11. The summed E-state index contributed by atoms with van der Waals surface area (Å²) < 4.78 is 36.9. The van der Waals surface area contributed by atoms with Crippen molar-refractivity contribution < 1.29 is 27.8 Å². The highest BCUT2D eigenvalue weighted by atomic mass is 35.7. The molecule has 0 aromatic heterocycles. The minimum Gasteiger partial charge on any atom is -0.396 e. The van der Waals surface area contributed by atoms with Crippen LogP contribution < -0.4 is 9.05 Å². The molecule has 0 saturated carbocycles. The van der Waals surface area contributed by atoms with Crippen LogP contribution >= 0.6 is 26.9 Å². The summed E-state index contributed by atoms with van der Waals surface area (Å²) in [6, 6.07) is 17.9. The fraction of sp³-hybridized carbons (Fsp3) is 0.385. The average molecular weight is 539 g/mol. The topological polar surface area (TPSA) is 82.1 Å². The largest absolute Gasteiger partial charge is 0.750 e. The van der Waals surface area contributed by atoms with Crippen molar-refractivity contribution in [3.63, 3.8) is 0 Å². The molecule has 4 unspecified atom stereocenters. The monoisotopic (exact) mass is 538 g/mol. The van der Waals surface area contributed by atoms with Crippen molar-refractivity contribution in [2.45, 2.75) is 38.5 Å². The molecule has 0 radical (unpaired) electrons. The molecule has 2 aliphatic rings. The highest BCUT2D eigenvalue weighted by Gasteiger charge is 2.24. The van der Waals surface area contributed by atoms with Crippen molar-refractivity contribution in [2.24, 2.45) is 11.8 Å². The van der Waals surface area contributed by atoms with E-state index in [1.165, 1.54) is 6.42 Å². The third kappa shape index (κ3) is 14.2. The Morgan fingerprint density at radius 1 is 0.771 bits per heavy atom. The first-order valence-corrected chi connectivity index (χ1v) is 14.8. The molecule has 188 valence electrons. The maximum atomic E-state index is 11.5. The molecule has 0 heterocycles. The Bertz CT molecular complexity index is 924. The Morgan fingerprint density at radius 2 is 1.29 bits per heavy atom. The third-order valence-corrected chi connectivity index (χ3v) is 6.55. The van der Waals surface area contributed by atoms with Gasteiger partial charge in [0.1, 0.15) is 6.61 Å². The molecular weight excluding hydrogens is 506 g/mol. The molecule has 0 saturated heterocycles. The van der Waals surface area contributed by atoms with Gasteiger partial charge in [0, 0.05) is 15.7 Å². The van der Waals surface area contributed by atoms with E-state index in [0.29, 0.717) is 36.5 Å². The van der Waals surface area contributed by atoms with Crippen LogP contribution in [0.25, 0.3) is 0 Å². The lowest BCUT2D eigenvalue weighted by atomic mass is 9.96. The molecule has 35 heavy (non-hydrogen) atoms. The first-order chi connectivity index (χ1) is 17.1. The number of hydrogen-bond acceptors (Lipinski definition) is 6. The quantitative estimate of drug-likeness (QED) is 0.268. The van der Waals surface area contributed by atoms with Crippen molar-refractivity contribution in [2.75, 3.05) is 13.2 Å². The van der Waals surface area contributed by atoms with Crippen LogP contribution in [0.3, 0.4) is 0 Å². The number of benzene rings is 2. The third-order valence-electron chi connectivity index (χ3n) is 5.27. The maximum Gasteiger partial charge on any atom is 0.750 e. The number of aliphatic hydroxyl groups is 1. The molecule has 1 N–H and O–H groups in total. The average Bonchev–Trinajstić information content (AvgIpc) is 2.90. The summed E-state index contributed by atoms with van der Waals surface area (Å²) in [6.07, 6.45) is 15.3. The molecule has 0 fully saturated rings. The Kier molecular flexibility index (Phi) is 15.2. The van der Waals surface area contributed by atoms with Crippen molar-refractivity contribution in [3.05, 3.63) is 85.0 Å². The molecule has 2 aromatic rings. The SMILES string of the molecule is O=[P+](Cl)Oc1ccccc1.O=[P+](OCC1CC=CCC1)Oc1ccccc1.OCC1CC=CCC1. The van der Waals surface area contributed by atoms with Gasteiger partial charge in [0.15, 0.2) is 11.5 Å². The Hall–Kier alpha value is -2.07. The molecule has 0 spiro atoms. The number of para-hydroxylation sites is 2. The van der Waals surface area contributed by atoms with E-state index in [1.807, 2.05) is 24.3 Å². The molecule has 4 atom stereocenters. The standard InChI is InChI=1S/C13H16O3P.C7H12O.C6H5ClO2P/c14-17(16-13-9-5-2-6-10-13)15-11-12-7-3-1-4-8-12;8-6-7-4-2-1-3-5-7;7-10(8)9-6-4-2-1-3-5-6/h1-3,5-6,9-10,12H,4,7-8,11H2;1-2,7-8H,3-6H2;1-5H/q+1;;+1. The lowest BCUT2D eigenvalue weighted by molar-refractivity contribution is 0.217. The van der Waals surface area contributed by atoms with Gasteiger partial charge in [-0.1, -0.05) is 60.7 Å². The Balaban J connectivity index is 0.000000204. The van der Waals surface area contributed by atoms with E-state index >= 15 is 0 Å². The summed E-state index contributed by atoms with van der Waals surface area (Å²) in [5, 5.41) is 8.66. The molecule has 0 aliphatic heterocycles. The van der Waals surface area contributed by atoms with Crippen LogP contribution in [-0.4, -0.2) is 18.3 Å². The number of hydrogen-bond donors (Lipinski definition) is 1. The predicted octanol–water partition coefficient (Wildman–Crippen LogP) is 8.39. The second-order valence-electron chi connectivity index (χ2n) is 8.02. The van der Waals surface area contributed by atoms with Crippen LogP contribution in [0.1, 0.15) is 38.5 Å². The van der Waals surface area contributed by atoms with Crippen LogP contribution in [0.5, 0.6) is 11.5 Å². The fourth-order valence-corrected chi connectivity index (χ4v) is 4.56. The van der Waals surface area contributed by atoms with Crippen molar-refractivity contribution in [1.82, 2.24) is 0 Å². The van der Waals surface area contributed by atoms with E-state index in [9.17, 15) is 9.13 Å². The van der Waals surface area contributed by atoms with Crippen LogP contribution in [0.2, 0.25) is 0 Å². The summed E-state index contributed by atoms with van der Waals surface area (Å²) in [5.41, 5.74) is 0. The van der Waals surface area contributed by atoms with Crippen molar-refractivity contribution in [3.8, 4) is 11.5 Å². The zero-order valence-corrected chi connectivity index (χ0v) is 22.2. The zero-order valence-electron chi connectivity index (χ0n) is 19.7. The molecule has 4 rings (SSSR count). The zero-order chi connectivity index (χ0) is 25.1. The maximum absolute atomic E-state index is 11.5. The van der Waals surface area contributed by atoms with Crippen molar-refractivity contribution in [1.29, 1.82) is 0 Å². The second-order valence-corrected chi connectivity index (χ2v) is 10.3. The molecule has 6 nitrogen and oxygen atoms in total. The minimum atomic E-state index is -2.06. The molecule has 9 heteroatoms. The van der Waals surface area contributed by atoms with Gasteiger partial charge >= 0.3 is 15.6 Å². The van der Waals surface area contributed by atoms with E-state index in [2.05, 4.69) is 28.8 Å². The van der Waals surface area contributed by atoms with Gasteiger partial charge in [-0.2, -0.15) is 0 Å². The highest BCUT2D eigenvalue weighted by molar-refractivity contribution is 7.70. The van der Waals surface area contributed by atoms with Gasteiger partial charge in [0.05, 0.1) is 0 Å².